The molecule has 5 heteroatoms. The topological polar surface area (TPSA) is 44.7 Å². The molecule has 0 aromatic carbocycles. The minimum Gasteiger partial charge on any atom is -0.359 e. The number of carbonyl (C=O) groups is 1. The van der Waals surface area contributed by atoms with Gasteiger partial charge in [0.2, 0.25) is 5.91 Å². The molecule has 2 rings (SSSR count). The zero-order valence-corrected chi connectivity index (χ0v) is 11.6. The van der Waals surface area contributed by atoms with Crippen molar-refractivity contribution in [1.29, 1.82) is 0 Å². The molecule has 0 saturated carbocycles. The smallest absolute Gasteiger partial charge is 0.222 e. The fraction of sp³-hybridized carbons (Fsp3) is 0.833. The standard InChI is InChI=1S/C12H21N3OS/c1-4-12(2)8-17-11(14-12)13-9-5-6-10(16)15(3)7-9/h9H,4-8H2,1-3H3,(H,13,14). The molecule has 0 aliphatic carbocycles. The highest BCUT2D eigenvalue weighted by Crippen LogP contribution is 2.26. The number of rotatable bonds is 2. The van der Waals surface area contributed by atoms with Crippen LogP contribution in [0.4, 0.5) is 0 Å². The maximum absolute atomic E-state index is 11.4. The summed E-state index contributed by atoms with van der Waals surface area (Å²) in [6.07, 6.45) is 2.63. The van der Waals surface area contributed by atoms with Gasteiger partial charge in [0.25, 0.3) is 0 Å². The van der Waals surface area contributed by atoms with Crippen LogP contribution in [0.2, 0.25) is 0 Å². The summed E-state index contributed by atoms with van der Waals surface area (Å²) in [6.45, 7) is 5.19. The summed E-state index contributed by atoms with van der Waals surface area (Å²) in [4.78, 5) is 17.9. The number of amidine groups is 1. The largest absolute Gasteiger partial charge is 0.359 e. The molecule has 1 amide bonds. The summed E-state index contributed by atoms with van der Waals surface area (Å²) >= 11 is 1.81. The second-order valence-corrected chi connectivity index (χ2v) is 6.19. The lowest BCUT2D eigenvalue weighted by molar-refractivity contribution is -0.132. The first-order valence-electron chi connectivity index (χ1n) is 6.25. The Morgan fingerprint density at radius 2 is 2.41 bits per heavy atom. The van der Waals surface area contributed by atoms with Crippen molar-refractivity contribution in [1.82, 2.24) is 10.2 Å². The van der Waals surface area contributed by atoms with E-state index in [2.05, 4.69) is 19.2 Å². The molecule has 1 N–H and O–H groups in total. The Kier molecular flexibility index (Phi) is 3.66. The average Bonchev–Trinajstić information content (AvgIpc) is 2.67. The molecule has 0 bridgehead atoms. The molecular formula is C12H21N3OS. The van der Waals surface area contributed by atoms with Gasteiger partial charge in [-0.05, 0) is 19.8 Å². The van der Waals surface area contributed by atoms with Crippen LogP contribution in [0.3, 0.4) is 0 Å². The summed E-state index contributed by atoms with van der Waals surface area (Å²) in [5.74, 6) is 1.33. The lowest BCUT2D eigenvalue weighted by Crippen LogP contribution is -2.42. The molecule has 96 valence electrons. The van der Waals surface area contributed by atoms with Gasteiger partial charge in [-0.25, -0.2) is 0 Å². The van der Waals surface area contributed by atoms with Crippen LogP contribution in [-0.4, -0.2) is 46.9 Å². The van der Waals surface area contributed by atoms with Crippen molar-refractivity contribution in [2.45, 2.75) is 44.7 Å². The molecule has 2 heterocycles. The highest BCUT2D eigenvalue weighted by molar-refractivity contribution is 8.14. The minimum atomic E-state index is 0.194. The van der Waals surface area contributed by atoms with E-state index >= 15 is 0 Å². The number of carbonyl (C=O) groups excluding carboxylic acids is 1. The molecule has 2 atom stereocenters. The van der Waals surface area contributed by atoms with E-state index in [0.29, 0.717) is 6.42 Å². The first-order valence-corrected chi connectivity index (χ1v) is 7.24. The summed E-state index contributed by atoms with van der Waals surface area (Å²) in [6, 6.07) is 0.270. The second-order valence-electron chi connectivity index (χ2n) is 5.23. The normalized spacial score (nSPS) is 36.4. The van der Waals surface area contributed by atoms with E-state index in [9.17, 15) is 4.79 Å². The molecule has 2 unspecified atom stereocenters. The van der Waals surface area contributed by atoms with Gasteiger partial charge in [0, 0.05) is 31.3 Å². The van der Waals surface area contributed by atoms with Gasteiger partial charge in [-0.1, -0.05) is 18.7 Å². The molecule has 2 aliphatic heterocycles. The van der Waals surface area contributed by atoms with Crippen LogP contribution in [0.25, 0.3) is 0 Å². The number of thioether (sulfide) groups is 1. The SMILES string of the molecule is CCC1(C)CSC(=NC2CCC(=O)N(C)C2)N1. The third-order valence-corrected chi connectivity index (χ3v) is 4.88. The number of amides is 1. The Morgan fingerprint density at radius 3 is 3.00 bits per heavy atom. The van der Waals surface area contributed by atoms with Crippen LogP contribution in [0.15, 0.2) is 4.99 Å². The van der Waals surface area contributed by atoms with Crippen molar-refractivity contribution in [3.63, 3.8) is 0 Å². The van der Waals surface area contributed by atoms with Gasteiger partial charge in [-0.15, -0.1) is 0 Å². The average molecular weight is 255 g/mol. The predicted octanol–water partition coefficient (Wildman–Crippen LogP) is 1.47. The van der Waals surface area contributed by atoms with Crippen LogP contribution >= 0.6 is 11.8 Å². The second kappa shape index (κ2) is 4.88. The summed E-state index contributed by atoms with van der Waals surface area (Å²) < 4.78 is 0. The van der Waals surface area contributed by atoms with Gasteiger partial charge in [0.1, 0.15) is 0 Å². The quantitative estimate of drug-likeness (QED) is 0.812. The third kappa shape index (κ3) is 2.94. The van der Waals surface area contributed by atoms with Crippen molar-refractivity contribution in [3.8, 4) is 0 Å². The van der Waals surface area contributed by atoms with Gasteiger partial charge in [-0.3, -0.25) is 9.79 Å². The highest BCUT2D eigenvalue weighted by atomic mass is 32.2. The Morgan fingerprint density at radius 1 is 1.65 bits per heavy atom. The van der Waals surface area contributed by atoms with E-state index in [1.54, 1.807) is 16.7 Å². The Bertz CT molecular complexity index is 345. The number of aliphatic imine (C=N–C) groups is 1. The Labute approximate surface area is 107 Å². The summed E-state index contributed by atoms with van der Waals surface area (Å²) in [5.41, 5.74) is 0.194. The van der Waals surface area contributed by atoms with Gasteiger partial charge in [-0.2, -0.15) is 0 Å². The molecule has 0 spiro atoms. The molecule has 17 heavy (non-hydrogen) atoms. The van der Waals surface area contributed by atoms with E-state index in [1.807, 2.05) is 7.05 Å². The molecule has 0 radical (unpaired) electrons. The molecule has 0 aromatic rings. The third-order valence-electron chi connectivity index (χ3n) is 3.62. The van der Waals surface area contributed by atoms with Crippen LogP contribution in [-0.2, 0) is 4.79 Å². The van der Waals surface area contributed by atoms with E-state index in [1.165, 1.54) is 0 Å². The van der Waals surface area contributed by atoms with Gasteiger partial charge in [0.15, 0.2) is 5.17 Å². The molecule has 0 aromatic heterocycles. The van der Waals surface area contributed by atoms with Gasteiger partial charge < -0.3 is 10.2 Å². The van der Waals surface area contributed by atoms with E-state index in [-0.39, 0.29) is 17.5 Å². The molecule has 2 aliphatic rings. The number of likely N-dealkylation sites (tertiary alicyclic amines) is 1. The fourth-order valence-corrected chi connectivity index (χ4v) is 3.35. The molecule has 4 nitrogen and oxygen atoms in total. The molecule has 2 fully saturated rings. The number of piperidine rings is 1. The van der Waals surface area contributed by atoms with Crippen molar-refractivity contribution >= 4 is 22.8 Å². The predicted molar refractivity (Wildman–Crippen MR) is 72.4 cm³/mol. The molecular weight excluding hydrogens is 234 g/mol. The lowest BCUT2D eigenvalue weighted by atomic mass is 10.0. The highest BCUT2D eigenvalue weighted by Gasteiger charge is 2.31. The monoisotopic (exact) mass is 255 g/mol. The van der Waals surface area contributed by atoms with E-state index in [0.717, 1.165) is 30.3 Å². The number of likely N-dealkylation sites (N-methyl/N-ethyl adjacent to an activating group) is 1. The van der Waals surface area contributed by atoms with Crippen LogP contribution in [0, 0.1) is 0 Å². The minimum absolute atomic E-state index is 0.194. The fourth-order valence-electron chi connectivity index (χ4n) is 2.08. The Balaban J connectivity index is 1.95. The number of nitrogens with zero attached hydrogens (tertiary/aromatic N) is 2. The maximum atomic E-state index is 11.4. The van der Waals surface area contributed by atoms with Gasteiger partial charge >= 0.3 is 0 Å². The van der Waals surface area contributed by atoms with Crippen molar-refractivity contribution < 1.29 is 4.79 Å². The number of hydrogen-bond acceptors (Lipinski definition) is 3. The van der Waals surface area contributed by atoms with E-state index < -0.39 is 0 Å². The van der Waals surface area contributed by atoms with Crippen LogP contribution in [0.1, 0.15) is 33.1 Å². The first kappa shape index (κ1) is 12.7. The van der Waals surface area contributed by atoms with Crippen LogP contribution in [0.5, 0.6) is 0 Å². The summed E-state index contributed by atoms with van der Waals surface area (Å²) in [7, 11) is 1.86. The lowest BCUT2D eigenvalue weighted by Gasteiger charge is -2.27. The summed E-state index contributed by atoms with van der Waals surface area (Å²) in [5, 5.41) is 4.56. The van der Waals surface area contributed by atoms with E-state index in [4.69, 9.17) is 4.99 Å². The Hall–Kier alpha value is -0.710. The number of hydrogen-bond donors (Lipinski definition) is 1. The first-order chi connectivity index (χ1) is 8.02. The zero-order chi connectivity index (χ0) is 12.5. The van der Waals surface area contributed by atoms with Crippen molar-refractivity contribution in [2.24, 2.45) is 4.99 Å². The molecule has 2 saturated heterocycles. The zero-order valence-electron chi connectivity index (χ0n) is 10.8. The maximum Gasteiger partial charge on any atom is 0.222 e. The van der Waals surface area contributed by atoms with Crippen LogP contribution < -0.4 is 5.32 Å². The van der Waals surface area contributed by atoms with Crippen molar-refractivity contribution in [3.05, 3.63) is 0 Å². The number of nitrogens with one attached hydrogen (secondary N) is 1. The van der Waals surface area contributed by atoms with Crippen molar-refractivity contribution in [2.75, 3.05) is 19.3 Å². The van der Waals surface area contributed by atoms with Gasteiger partial charge in [0.05, 0.1) is 6.04 Å².